The smallest absolute Gasteiger partial charge is 0.242 e. The average Bonchev–Trinajstić information content (AvgIpc) is 2.76. The van der Waals surface area contributed by atoms with Crippen LogP contribution in [0.25, 0.3) is 10.8 Å². The first-order chi connectivity index (χ1) is 14.0. The Morgan fingerprint density at radius 1 is 0.897 bits per heavy atom. The summed E-state index contributed by atoms with van der Waals surface area (Å²) in [6.07, 6.45) is 1.99. The van der Waals surface area contributed by atoms with Crippen molar-refractivity contribution >= 4 is 20.8 Å². The van der Waals surface area contributed by atoms with Crippen LogP contribution >= 0.6 is 0 Å². The van der Waals surface area contributed by atoms with Crippen molar-refractivity contribution in [2.75, 3.05) is 26.7 Å². The highest BCUT2D eigenvalue weighted by atomic mass is 32.2. The van der Waals surface area contributed by atoms with E-state index in [1.54, 1.807) is 19.2 Å². The molecular weight excluding hydrogens is 382 g/mol. The summed E-state index contributed by atoms with van der Waals surface area (Å²) in [7, 11) is -1.86. The van der Waals surface area contributed by atoms with Gasteiger partial charge in [-0.3, -0.25) is 0 Å². The third kappa shape index (κ3) is 5.64. The van der Waals surface area contributed by atoms with Crippen molar-refractivity contribution < 1.29 is 8.42 Å². The van der Waals surface area contributed by atoms with Gasteiger partial charge in [0.1, 0.15) is 0 Å². The van der Waals surface area contributed by atoms with E-state index in [9.17, 15) is 8.42 Å². The molecule has 3 N–H and O–H groups in total. The van der Waals surface area contributed by atoms with E-state index in [1.165, 1.54) is 9.87 Å². The molecule has 0 atom stereocenters. The fourth-order valence-corrected chi connectivity index (χ4v) is 4.46. The first kappa shape index (κ1) is 21.5. The molecule has 0 amide bonds. The van der Waals surface area contributed by atoms with E-state index in [0.717, 1.165) is 35.7 Å². The maximum atomic E-state index is 12.8. The molecule has 154 valence electrons. The number of benzene rings is 3. The van der Waals surface area contributed by atoms with Crippen molar-refractivity contribution in [1.29, 1.82) is 0 Å². The molecular formula is C23H29N3O2S. The second-order valence-corrected chi connectivity index (χ2v) is 9.25. The Morgan fingerprint density at radius 3 is 2.31 bits per heavy atom. The topological polar surface area (TPSA) is 75.4 Å². The van der Waals surface area contributed by atoms with Crippen LogP contribution < -0.4 is 11.1 Å². The van der Waals surface area contributed by atoms with Gasteiger partial charge in [-0.25, -0.2) is 8.42 Å². The van der Waals surface area contributed by atoms with Crippen molar-refractivity contribution in [3.8, 4) is 0 Å². The van der Waals surface area contributed by atoms with Crippen LogP contribution in [0.5, 0.6) is 0 Å². The van der Waals surface area contributed by atoms with Crippen molar-refractivity contribution in [3.05, 3.63) is 77.9 Å². The van der Waals surface area contributed by atoms with Gasteiger partial charge in [-0.15, -0.1) is 0 Å². The molecule has 0 aliphatic carbocycles. The summed E-state index contributed by atoms with van der Waals surface area (Å²) in [5.41, 5.74) is 8.05. The molecule has 29 heavy (non-hydrogen) atoms. The standard InChI is InChI=1S/C23H29N3O2S/c1-26(16-15-25-14-4-5-19-8-10-20(18-24)11-9-19)29(27,28)23-13-12-21-6-2-3-7-22(21)17-23/h2-3,6-13,17,25H,4-5,14-16,18,24H2,1H3. The average molecular weight is 412 g/mol. The van der Waals surface area contributed by atoms with E-state index in [0.29, 0.717) is 24.5 Å². The summed E-state index contributed by atoms with van der Waals surface area (Å²) in [5.74, 6) is 0. The maximum absolute atomic E-state index is 12.8. The number of hydrogen-bond acceptors (Lipinski definition) is 4. The van der Waals surface area contributed by atoms with Crippen LogP contribution in [0.4, 0.5) is 0 Å². The van der Waals surface area contributed by atoms with Crippen molar-refractivity contribution in [2.24, 2.45) is 5.73 Å². The molecule has 0 aromatic heterocycles. The van der Waals surface area contributed by atoms with E-state index in [2.05, 4.69) is 29.6 Å². The fourth-order valence-electron chi connectivity index (χ4n) is 3.25. The molecule has 6 heteroatoms. The molecule has 3 aromatic rings. The third-order valence-corrected chi connectivity index (χ3v) is 6.96. The van der Waals surface area contributed by atoms with Gasteiger partial charge in [-0.2, -0.15) is 4.31 Å². The Hall–Kier alpha value is -2.25. The highest BCUT2D eigenvalue weighted by molar-refractivity contribution is 7.89. The zero-order valence-electron chi connectivity index (χ0n) is 16.8. The van der Waals surface area contributed by atoms with Crippen LogP contribution in [0, 0.1) is 0 Å². The lowest BCUT2D eigenvalue weighted by Gasteiger charge is -2.18. The molecule has 0 aliphatic rings. The Bertz CT molecular complexity index is 1030. The Labute approximate surface area is 173 Å². The quantitative estimate of drug-likeness (QED) is 0.503. The van der Waals surface area contributed by atoms with Gasteiger partial charge in [-0.1, -0.05) is 54.6 Å². The Morgan fingerprint density at radius 2 is 1.59 bits per heavy atom. The number of hydrogen-bond donors (Lipinski definition) is 2. The fraction of sp³-hybridized carbons (Fsp3) is 0.304. The zero-order valence-corrected chi connectivity index (χ0v) is 17.7. The first-order valence-electron chi connectivity index (χ1n) is 9.94. The van der Waals surface area contributed by atoms with E-state index < -0.39 is 10.0 Å². The molecule has 0 radical (unpaired) electrons. The highest BCUT2D eigenvalue weighted by Crippen LogP contribution is 2.21. The number of likely N-dealkylation sites (N-methyl/N-ethyl adjacent to an activating group) is 1. The minimum absolute atomic E-state index is 0.333. The maximum Gasteiger partial charge on any atom is 0.242 e. The SMILES string of the molecule is CN(CCNCCCc1ccc(CN)cc1)S(=O)(=O)c1ccc2ccccc2c1. The second kappa shape index (κ2) is 9.98. The van der Waals surface area contributed by atoms with E-state index in [4.69, 9.17) is 5.73 Å². The van der Waals surface area contributed by atoms with E-state index in [-0.39, 0.29) is 0 Å². The van der Waals surface area contributed by atoms with Crippen LogP contribution in [0.3, 0.4) is 0 Å². The molecule has 0 saturated heterocycles. The third-order valence-electron chi connectivity index (χ3n) is 5.11. The Balaban J connectivity index is 1.44. The molecule has 0 spiro atoms. The molecule has 0 aliphatic heterocycles. The zero-order chi connectivity index (χ0) is 20.7. The highest BCUT2D eigenvalue weighted by Gasteiger charge is 2.20. The molecule has 5 nitrogen and oxygen atoms in total. The molecule has 3 rings (SSSR count). The second-order valence-electron chi connectivity index (χ2n) is 7.21. The number of nitrogens with zero attached hydrogens (tertiary/aromatic N) is 1. The van der Waals surface area contributed by atoms with Crippen LogP contribution in [0.1, 0.15) is 17.5 Å². The molecule has 0 saturated carbocycles. The van der Waals surface area contributed by atoms with Gasteiger partial charge >= 0.3 is 0 Å². The number of fused-ring (bicyclic) bond motifs is 1. The predicted molar refractivity (Wildman–Crippen MR) is 119 cm³/mol. The normalized spacial score (nSPS) is 12.0. The van der Waals surface area contributed by atoms with Gasteiger partial charge in [0.2, 0.25) is 10.0 Å². The molecule has 0 unspecified atom stereocenters. The summed E-state index contributed by atoms with van der Waals surface area (Å²) >= 11 is 0. The number of sulfonamides is 1. The summed E-state index contributed by atoms with van der Waals surface area (Å²) < 4.78 is 27.1. The van der Waals surface area contributed by atoms with Crippen molar-refractivity contribution in [3.63, 3.8) is 0 Å². The van der Waals surface area contributed by atoms with Gasteiger partial charge in [0.05, 0.1) is 4.90 Å². The molecule has 0 heterocycles. The minimum atomic E-state index is -3.49. The summed E-state index contributed by atoms with van der Waals surface area (Å²) in [6.45, 7) is 2.47. The van der Waals surface area contributed by atoms with Gasteiger partial charge in [0, 0.05) is 26.7 Å². The number of nitrogens with one attached hydrogen (secondary N) is 1. The van der Waals surface area contributed by atoms with Gasteiger partial charge in [0.15, 0.2) is 0 Å². The lowest BCUT2D eigenvalue weighted by Crippen LogP contribution is -2.34. The summed E-state index contributed by atoms with van der Waals surface area (Å²) in [4.78, 5) is 0.333. The van der Waals surface area contributed by atoms with Gasteiger partial charge in [-0.05, 0) is 53.4 Å². The lowest BCUT2D eigenvalue weighted by molar-refractivity contribution is 0.457. The van der Waals surface area contributed by atoms with Crippen molar-refractivity contribution in [1.82, 2.24) is 9.62 Å². The van der Waals surface area contributed by atoms with E-state index in [1.807, 2.05) is 30.3 Å². The molecule has 0 bridgehead atoms. The number of rotatable bonds is 10. The van der Waals surface area contributed by atoms with Crippen LogP contribution in [-0.2, 0) is 23.0 Å². The minimum Gasteiger partial charge on any atom is -0.326 e. The largest absolute Gasteiger partial charge is 0.326 e. The lowest BCUT2D eigenvalue weighted by atomic mass is 10.1. The molecule has 3 aromatic carbocycles. The molecule has 0 fully saturated rings. The van der Waals surface area contributed by atoms with Gasteiger partial charge in [0.25, 0.3) is 0 Å². The van der Waals surface area contributed by atoms with Crippen LogP contribution in [0.2, 0.25) is 0 Å². The monoisotopic (exact) mass is 411 g/mol. The number of aryl methyl sites for hydroxylation is 1. The summed E-state index contributed by atoms with van der Waals surface area (Å²) in [6, 6.07) is 21.4. The number of nitrogens with two attached hydrogens (primary N) is 1. The Kier molecular flexibility index (Phi) is 7.39. The summed E-state index contributed by atoms with van der Waals surface area (Å²) in [5, 5.41) is 5.30. The predicted octanol–water partition coefficient (Wildman–Crippen LogP) is 3.14. The van der Waals surface area contributed by atoms with E-state index >= 15 is 0 Å². The van der Waals surface area contributed by atoms with Crippen LogP contribution in [-0.4, -0.2) is 39.4 Å². The van der Waals surface area contributed by atoms with Gasteiger partial charge < -0.3 is 11.1 Å². The first-order valence-corrected chi connectivity index (χ1v) is 11.4. The van der Waals surface area contributed by atoms with Crippen LogP contribution in [0.15, 0.2) is 71.6 Å². The van der Waals surface area contributed by atoms with Crippen molar-refractivity contribution in [2.45, 2.75) is 24.3 Å².